The van der Waals surface area contributed by atoms with Gasteiger partial charge in [0.05, 0.1) is 30.9 Å². The summed E-state index contributed by atoms with van der Waals surface area (Å²) in [5.74, 6) is -1.89. The van der Waals surface area contributed by atoms with Gasteiger partial charge in [0.1, 0.15) is 11.2 Å². The quantitative estimate of drug-likeness (QED) is 0.563. The number of aliphatic hydroxyl groups excluding tert-OH is 1. The number of halogens is 3. The summed E-state index contributed by atoms with van der Waals surface area (Å²) in [6.45, 7) is -0.376. The molecule has 26 heavy (non-hydrogen) atoms. The number of aromatic nitrogens is 3. The van der Waals surface area contributed by atoms with Crippen LogP contribution in [0.2, 0.25) is 0 Å². The fraction of sp³-hybridized carbons (Fsp3) is 0.188. The molecule has 10 heteroatoms. The summed E-state index contributed by atoms with van der Waals surface area (Å²) < 4.78 is 31.4. The Morgan fingerprint density at radius 2 is 2.00 bits per heavy atom. The molecule has 3 aromatic rings. The largest absolute Gasteiger partial charge is 0.395 e. The Bertz CT molecular complexity index is 1130. The molecular weight excluding hydrogens is 461 g/mol. The molecule has 2 N–H and O–H groups in total. The Labute approximate surface area is 159 Å². The number of rotatable bonds is 4. The van der Waals surface area contributed by atoms with Crippen molar-refractivity contribution in [3.8, 4) is 0 Å². The number of benzene rings is 1. The van der Waals surface area contributed by atoms with E-state index in [0.717, 1.165) is 15.5 Å². The van der Waals surface area contributed by atoms with E-state index in [2.05, 4.69) is 10.3 Å². The van der Waals surface area contributed by atoms with E-state index in [-0.39, 0.29) is 29.9 Å². The average Bonchev–Trinajstić information content (AvgIpc) is 2.60. The van der Waals surface area contributed by atoms with Gasteiger partial charge < -0.3 is 10.4 Å². The molecule has 0 radical (unpaired) electrons. The van der Waals surface area contributed by atoms with Crippen LogP contribution in [0.1, 0.15) is 0 Å². The SMILES string of the molecule is Cn1c(=O)c(F)c(Nc2ccc(I)cc2F)c2c(=O)n(CCO)cnc21. The van der Waals surface area contributed by atoms with Gasteiger partial charge in [-0.25, -0.2) is 9.37 Å². The summed E-state index contributed by atoms with van der Waals surface area (Å²) in [5.41, 5.74) is -2.25. The average molecular weight is 474 g/mol. The highest BCUT2D eigenvalue weighted by Crippen LogP contribution is 2.26. The second-order valence-electron chi connectivity index (χ2n) is 5.47. The first kappa shape index (κ1) is 18.5. The van der Waals surface area contributed by atoms with E-state index in [1.807, 2.05) is 22.6 Å². The molecule has 1 aromatic carbocycles. The van der Waals surface area contributed by atoms with Gasteiger partial charge in [-0.2, -0.15) is 4.39 Å². The smallest absolute Gasteiger partial charge is 0.290 e. The Hall–Kier alpha value is -2.34. The minimum Gasteiger partial charge on any atom is -0.395 e. The maximum atomic E-state index is 14.6. The van der Waals surface area contributed by atoms with Crippen LogP contribution in [-0.2, 0) is 13.6 Å². The van der Waals surface area contributed by atoms with Gasteiger partial charge in [-0.3, -0.25) is 18.7 Å². The standard InChI is InChI=1S/C16H13F2IN4O3/c1-22-14-11(15(25)23(4-5-24)7-20-14)13(12(18)16(22)26)21-10-3-2-8(19)6-9(10)17/h2-3,6-7,21,24H,4-5H2,1H3. The second kappa shape index (κ2) is 7.11. The van der Waals surface area contributed by atoms with E-state index in [0.29, 0.717) is 3.57 Å². The fourth-order valence-corrected chi connectivity index (χ4v) is 2.98. The highest BCUT2D eigenvalue weighted by Gasteiger charge is 2.21. The van der Waals surface area contributed by atoms with Gasteiger partial charge in [-0.15, -0.1) is 0 Å². The lowest BCUT2D eigenvalue weighted by Crippen LogP contribution is -2.29. The van der Waals surface area contributed by atoms with Crippen molar-refractivity contribution in [3.05, 3.63) is 60.4 Å². The molecule has 7 nitrogen and oxygen atoms in total. The minimum atomic E-state index is -1.22. The van der Waals surface area contributed by atoms with Gasteiger partial charge in [0.15, 0.2) is 5.65 Å². The molecule has 136 valence electrons. The predicted octanol–water partition coefficient (Wildman–Crippen LogP) is 1.71. The number of anilines is 2. The Morgan fingerprint density at radius 3 is 2.65 bits per heavy atom. The number of aliphatic hydroxyl groups is 1. The monoisotopic (exact) mass is 474 g/mol. The first-order valence-corrected chi connectivity index (χ1v) is 8.53. The number of fused-ring (bicyclic) bond motifs is 1. The number of hydrogen-bond acceptors (Lipinski definition) is 5. The van der Waals surface area contributed by atoms with E-state index in [1.165, 1.54) is 19.2 Å². The van der Waals surface area contributed by atoms with Crippen LogP contribution in [0.4, 0.5) is 20.2 Å². The maximum Gasteiger partial charge on any atom is 0.290 e. The van der Waals surface area contributed by atoms with Crippen LogP contribution < -0.4 is 16.4 Å². The molecule has 0 amide bonds. The molecular formula is C16H13F2IN4O3. The van der Waals surface area contributed by atoms with Gasteiger partial charge in [-0.1, -0.05) is 0 Å². The van der Waals surface area contributed by atoms with E-state index in [9.17, 15) is 18.4 Å². The van der Waals surface area contributed by atoms with Crippen LogP contribution in [0.25, 0.3) is 11.0 Å². The third-order valence-corrected chi connectivity index (χ3v) is 4.50. The molecule has 2 aromatic heterocycles. The normalized spacial score (nSPS) is 11.1. The number of nitrogens with one attached hydrogen (secondary N) is 1. The second-order valence-corrected chi connectivity index (χ2v) is 6.71. The molecule has 0 saturated heterocycles. The Morgan fingerprint density at radius 1 is 1.27 bits per heavy atom. The molecule has 0 atom stereocenters. The lowest BCUT2D eigenvalue weighted by atomic mass is 10.2. The molecule has 2 heterocycles. The molecule has 0 spiro atoms. The highest BCUT2D eigenvalue weighted by atomic mass is 127. The van der Waals surface area contributed by atoms with Crippen molar-refractivity contribution in [1.82, 2.24) is 14.1 Å². The van der Waals surface area contributed by atoms with Gasteiger partial charge in [0.25, 0.3) is 11.1 Å². The van der Waals surface area contributed by atoms with Gasteiger partial charge in [0.2, 0.25) is 5.82 Å². The first-order chi connectivity index (χ1) is 12.3. The van der Waals surface area contributed by atoms with Crippen LogP contribution in [0.15, 0.2) is 34.1 Å². The van der Waals surface area contributed by atoms with Crippen molar-refractivity contribution in [1.29, 1.82) is 0 Å². The van der Waals surface area contributed by atoms with Crippen molar-refractivity contribution >= 4 is 45.0 Å². The van der Waals surface area contributed by atoms with E-state index in [1.54, 1.807) is 6.07 Å². The van der Waals surface area contributed by atoms with Crippen molar-refractivity contribution in [2.45, 2.75) is 6.54 Å². The molecule has 0 fully saturated rings. The highest BCUT2D eigenvalue weighted by molar-refractivity contribution is 14.1. The topological polar surface area (TPSA) is 89.2 Å². The van der Waals surface area contributed by atoms with Crippen molar-refractivity contribution < 1.29 is 13.9 Å². The van der Waals surface area contributed by atoms with Crippen LogP contribution in [0.3, 0.4) is 0 Å². The zero-order valence-corrected chi connectivity index (χ0v) is 15.6. The fourth-order valence-electron chi connectivity index (χ4n) is 2.52. The zero-order valence-electron chi connectivity index (χ0n) is 13.5. The van der Waals surface area contributed by atoms with E-state index in [4.69, 9.17) is 5.11 Å². The molecule has 0 unspecified atom stereocenters. The summed E-state index contributed by atoms with van der Waals surface area (Å²) in [6.07, 6.45) is 1.16. The molecule has 0 aliphatic carbocycles. The molecule has 3 rings (SSSR count). The van der Waals surface area contributed by atoms with Crippen LogP contribution in [0, 0.1) is 15.2 Å². The van der Waals surface area contributed by atoms with E-state index < -0.39 is 28.4 Å². The summed E-state index contributed by atoms with van der Waals surface area (Å²) >= 11 is 1.92. The van der Waals surface area contributed by atoms with Crippen molar-refractivity contribution in [2.75, 3.05) is 11.9 Å². The van der Waals surface area contributed by atoms with Crippen LogP contribution >= 0.6 is 22.6 Å². The lowest BCUT2D eigenvalue weighted by molar-refractivity contribution is 0.274. The minimum absolute atomic E-state index is 0.0518. The summed E-state index contributed by atoms with van der Waals surface area (Å²) in [7, 11) is 1.28. The van der Waals surface area contributed by atoms with Crippen molar-refractivity contribution in [3.63, 3.8) is 0 Å². The van der Waals surface area contributed by atoms with E-state index >= 15 is 0 Å². The van der Waals surface area contributed by atoms with Crippen LogP contribution in [0.5, 0.6) is 0 Å². The zero-order chi connectivity index (χ0) is 19.0. The summed E-state index contributed by atoms with van der Waals surface area (Å²) in [4.78, 5) is 28.8. The Kier molecular flexibility index (Phi) is 5.05. The number of pyridine rings is 1. The number of aryl methyl sites for hydroxylation is 1. The third-order valence-electron chi connectivity index (χ3n) is 3.83. The first-order valence-electron chi connectivity index (χ1n) is 7.45. The molecule has 0 aliphatic heterocycles. The number of nitrogens with zero attached hydrogens (tertiary/aromatic N) is 3. The molecule has 0 saturated carbocycles. The summed E-state index contributed by atoms with van der Waals surface area (Å²) in [6, 6.07) is 4.20. The van der Waals surface area contributed by atoms with Gasteiger partial charge >= 0.3 is 0 Å². The van der Waals surface area contributed by atoms with Crippen LogP contribution in [-0.4, -0.2) is 25.8 Å². The molecule has 0 aliphatic rings. The maximum absolute atomic E-state index is 14.6. The summed E-state index contributed by atoms with van der Waals surface area (Å²) in [5, 5.41) is 11.4. The Balaban J connectivity index is 2.34. The van der Waals surface area contributed by atoms with Gasteiger partial charge in [0, 0.05) is 10.6 Å². The van der Waals surface area contributed by atoms with Gasteiger partial charge in [-0.05, 0) is 40.8 Å². The van der Waals surface area contributed by atoms with Crippen molar-refractivity contribution in [2.24, 2.45) is 7.05 Å². The third kappa shape index (κ3) is 3.09. The predicted molar refractivity (Wildman–Crippen MR) is 101 cm³/mol. The molecule has 0 bridgehead atoms. The number of hydrogen-bond donors (Lipinski definition) is 2. The lowest BCUT2D eigenvalue weighted by Gasteiger charge is -2.14.